The second kappa shape index (κ2) is 4.77. The second-order valence-electron chi connectivity index (χ2n) is 3.83. The van der Waals surface area contributed by atoms with E-state index in [0.29, 0.717) is 25.8 Å². The third kappa shape index (κ3) is 2.13. The molecular formula is C10H11ClN4O2. The zero-order valence-corrected chi connectivity index (χ0v) is 9.72. The predicted octanol–water partition coefficient (Wildman–Crippen LogP) is 0.254. The Hall–Kier alpha value is -1.53. The summed E-state index contributed by atoms with van der Waals surface area (Å²) in [6.45, 7) is 0.890. The summed E-state index contributed by atoms with van der Waals surface area (Å²) >= 11 is 5.78. The van der Waals surface area contributed by atoms with Crippen LogP contribution in [0.2, 0.25) is 5.15 Å². The molecule has 1 saturated heterocycles. The van der Waals surface area contributed by atoms with Crippen molar-refractivity contribution in [2.24, 2.45) is 11.7 Å². The first kappa shape index (κ1) is 11.9. The molecule has 1 fully saturated rings. The molecule has 2 heterocycles. The molecule has 0 spiro atoms. The van der Waals surface area contributed by atoms with Gasteiger partial charge in [0.25, 0.3) is 0 Å². The van der Waals surface area contributed by atoms with Gasteiger partial charge in [0.1, 0.15) is 11.5 Å². The van der Waals surface area contributed by atoms with Gasteiger partial charge in [-0.1, -0.05) is 11.6 Å². The standard InChI is InChI=1S/C10H11ClN4O2/c11-9-7(4-16)10(14-5-13-9)15-3-6(2-12)1-8(15)17/h4-6H,1-3,12H2. The Labute approximate surface area is 103 Å². The molecule has 90 valence electrons. The van der Waals surface area contributed by atoms with Crippen molar-refractivity contribution in [1.82, 2.24) is 9.97 Å². The number of nitrogens with two attached hydrogens (primary N) is 1. The fraction of sp³-hybridized carbons (Fsp3) is 0.400. The lowest BCUT2D eigenvalue weighted by Gasteiger charge is -2.16. The predicted molar refractivity (Wildman–Crippen MR) is 61.9 cm³/mol. The molecule has 1 aromatic rings. The minimum absolute atomic E-state index is 0.0500. The SMILES string of the molecule is NCC1CC(=O)N(c2ncnc(Cl)c2C=O)C1. The molecule has 1 amide bonds. The average molecular weight is 255 g/mol. The maximum Gasteiger partial charge on any atom is 0.228 e. The Morgan fingerprint density at radius 2 is 2.35 bits per heavy atom. The van der Waals surface area contributed by atoms with Crippen LogP contribution in [0.25, 0.3) is 0 Å². The number of carbonyl (C=O) groups is 2. The third-order valence-electron chi connectivity index (χ3n) is 2.73. The minimum atomic E-state index is -0.0988. The van der Waals surface area contributed by atoms with Crippen LogP contribution in [-0.4, -0.2) is 35.3 Å². The molecule has 1 unspecified atom stereocenters. The fourth-order valence-corrected chi connectivity index (χ4v) is 2.00. The van der Waals surface area contributed by atoms with Crippen molar-refractivity contribution in [2.75, 3.05) is 18.0 Å². The van der Waals surface area contributed by atoms with Crippen LogP contribution in [0.4, 0.5) is 5.82 Å². The van der Waals surface area contributed by atoms with Crippen molar-refractivity contribution in [3.63, 3.8) is 0 Å². The van der Waals surface area contributed by atoms with Gasteiger partial charge in [0.05, 0.1) is 5.56 Å². The van der Waals surface area contributed by atoms with Gasteiger partial charge in [-0.05, 0) is 12.5 Å². The quantitative estimate of drug-likeness (QED) is 0.617. The number of aldehydes is 1. The van der Waals surface area contributed by atoms with Crippen molar-refractivity contribution < 1.29 is 9.59 Å². The summed E-state index contributed by atoms with van der Waals surface area (Å²) in [5.74, 6) is 0.259. The normalized spacial score (nSPS) is 19.8. The molecule has 1 aliphatic rings. The molecule has 6 nitrogen and oxygen atoms in total. The highest BCUT2D eigenvalue weighted by molar-refractivity contribution is 6.32. The van der Waals surface area contributed by atoms with E-state index in [1.807, 2.05) is 0 Å². The molecule has 1 aromatic heterocycles. The van der Waals surface area contributed by atoms with E-state index in [1.165, 1.54) is 11.2 Å². The molecular weight excluding hydrogens is 244 g/mol. The largest absolute Gasteiger partial charge is 0.330 e. The lowest BCUT2D eigenvalue weighted by atomic mass is 10.1. The first-order valence-corrected chi connectivity index (χ1v) is 5.51. The summed E-state index contributed by atoms with van der Waals surface area (Å²) in [7, 11) is 0. The summed E-state index contributed by atoms with van der Waals surface area (Å²) in [6.07, 6.45) is 2.16. The highest BCUT2D eigenvalue weighted by Crippen LogP contribution is 2.27. The number of rotatable bonds is 3. The van der Waals surface area contributed by atoms with E-state index >= 15 is 0 Å². The number of hydrogen-bond acceptors (Lipinski definition) is 5. The van der Waals surface area contributed by atoms with Gasteiger partial charge < -0.3 is 5.73 Å². The van der Waals surface area contributed by atoms with Gasteiger partial charge in [-0.25, -0.2) is 9.97 Å². The van der Waals surface area contributed by atoms with Gasteiger partial charge >= 0.3 is 0 Å². The minimum Gasteiger partial charge on any atom is -0.330 e. The number of nitrogens with zero attached hydrogens (tertiary/aromatic N) is 3. The summed E-state index contributed by atoms with van der Waals surface area (Å²) in [5.41, 5.74) is 5.67. The van der Waals surface area contributed by atoms with E-state index < -0.39 is 0 Å². The Morgan fingerprint density at radius 3 is 2.94 bits per heavy atom. The first-order chi connectivity index (χ1) is 8.17. The van der Waals surface area contributed by atoms with Crippen LogP contribution in [0.1, 0.15) is 16.8 Å². The van der Waals surface area contributed by atoms with Crippen LogP contribution in [0.15, 0.2) is 6.33 Å². The Kier molecular flexibility index (Phi) is 3.35. The smallest absolute Gasteiger partial charge is 0.228 e. The van der Waals surface area contributed by atoms with Crippen LogP contribution >= 0.6 is 11.6 Å². The monoisotopic (exact) mass is 254 g/mol. The lowest BCUT2D eigenvalue weighted by Crippen LogP contribution is -2.28. The van der Waals surface area contributed by atoms with Crippen molar-refractivity contribution in [2.45, 2.75) is 6.42 Å². The highest BCUT2D eigenvalue weighted by atomic mass is 35.5. The molecule has 0 radical (unpaired) electrons. The van der Waals surface area contributed by atoms with E-state index in [2.05, 4.69) is 9.97 Å². The van der Waals surface area contributed by atoms with E-state index in [0.717, 1.165) is 0 Å². The van der Waals surface area contributed by atoms with Crippen LogP contribution in [0.3, 0.4) is 0 Å². The molecule has 2 N–H and O–H groups in total. The molecule has 0 aromatic carbocycles. The maximum atomic E-state index is 11.8. The zero-order chi connectivity index (χ0) is 12.4. The van der Waals surface area contributed by atoms with Crippen LogP contribution < -0.4 is 10.6 Å². The summed E-state index contributed by atoms with van der Waals surface area (Å²) < 4.78 is 0. The van der Waals surface area contributed by atoms with E-state index in [9.17, 15) is 9.59 Å². The van der Waals surface area contributed by atoms with Gasteiger partial charge in [-0.2, -0.15) is 0 Å². The van der Waals surface area contributed by atoms with Crippen molar-refractivity contribution in [3.8, 4) is 0 Å². The molecule has 7 heteroatoms. The second-order valence-corrected chi connectivity index (χ2v) is 4.19. The summed E-state index contributed by atoms with van der Waals surface area (Å²) in [6, 6.07) is 0. The average Bonchev–Trinajstić information content (AvgIpc) is 2.70. The molecule has 0 saturated carbocycles. The van der Waals surface area contributed by atoms with E-state index in [1.54, 1.807) is 0 Å². The van der Waals surface area contributed by atoms with Gasteiger partial charge in [0.15, 0.2) is 12.1 Å². The molecule has 2 rings (SSSR count). The van der Waals surface area contributed by atoms with Crippen molar-refractivity contribution >= 4 is 29.6 Å². The Bertz CT molecular complexity index is 466. The van der Waals surface area contributed by atoms with Gasteiger partial charge in [0.2, 0.25) is 5.91 Å². The number of carbonyl (C=O) groups excluding carboxylic acids is 2. The molecule has 0 aliphatic carbocycles. The summed E-state index contributed by atoms with van der Waals surface area (Å²) in [5, 5.41) is 0.0500. The number of halogens is 1. The molecule has 17 heavy (non-hydrogen) atoms. The first-order valence-electron chi connectivity index (χ1n) is 5.13. The van der Waals surface area contributed by atoms with Gasteiger partial charge in [0, 0.05) is 13.0 Å². The highest BCUT2D eigenvalue weighted by Gasteiger charge is 2.32. The molecule has 1 aliphatic heterocycles. The van der Waals surface area contributed by atoms with Crippen LogP contribution in [0.5, 0.6) is 0 Å². The number of amides is 1. The number of anilines is 1. The maximum absolute atomic E-state index is 11.8. The Balaban J connectivity index is 2.38. The molecule has 1 atom stereocenters. The van der Waals surface area contributed by atoms with Crippen LogP contribution in [-0.2, 0) is 4.79 Å². The third-order valence-corrected chi connectivity index (χ3v) is 3.03. The number of aromatic nitrogens is 2. The summed E-state index contributed by atoms with van der Waals surface area (Å²) in [4.78, 5) is 31.8. The zero-order valence-electron chi connectivity index (χ0n) is 8.97. The topological polar surface area (TPSA) is 89.2 Å². The number of hydrogen-bond donors (Lipinski definition) is 1. The van der Waals surface area contributed by atoms with E-state index in [4.69, 9.17) is 17.3 Å². The lowest BCUT2D eigenvalue weighted by molar-refractivity contribution is -0.117. The van der Waals surface area contributed by atoms with Crippen LogP contribution in [0, 0.1) is 5.92 Å². The van der Waals surface area contributed by atoms with Gasteiger partial charge in [-0.3, -0.25) is 14.5 Å². The van der Waals surface area contributed by atoms with E-state index in [-0.39, 0.29) is 28.4 Å². The fourth-order valence-electron chi connectivity index (χ4n) is 1.83. The van der Waals surface area contributed by atoms with Crippen molar-refractivity contribution in [1.29, 1.82) is 0 Å². The van der Waals surface area contributed by atoms with Crippen molar-refractivity contribution in [3.05, 3.63) is 17.0 Å². The molecule has 0 bridgehead atoms. The Morgan fingerprint density at radius 1 is 1.59 bits per heavy atom. The van der Waals surface area contributed by atoms with Gasteiger partial charge in [-0.15, -0.1) is 0 Å².